The summed E-state index contributed by atoms with van der Waals surface area (Å²) in [5.41, 5.74) is 9.60. The number of carbonyl (C=O) groups excluding carboxylic acids is 1. The Morgan fingerprint density at radius 1 is 0.938 bits per heavy atom. The van der Waals surface area contributed by atoms with Gasteiger partial charge in [0.1, 0.15) is 6.17 Å². The molecule has 1 amide bonds. The van der Waals surface area contributed by atoms with Crippen LogP contribution in [0.25, 0.3) is 0 Å². The Kier molecular flexibility index (Phi) is 5.68. The fraction of sp³-hybridized carbons (Fsp3) is 0.231. The molecule has 3 aromatic carbocycles. The number of hydrazone groups is 1. The number of piperazine rings is 1. The van der Waals surface area contributed by atoms with Gasteiger partial charge in [0.05, 0.1) is 16.3 Å². The Morgan fingerprint density at radius 2 is 1.62 bits per heavy atom. The minimum absolute atomic E-state index is 0.00747. The predicted octanol–water partition coefficient (Wildman–Crippen LogP) is 4.46. The standard InChI is InChI=1S/C26H25ClN4O/c1-18-10-12-19(13-11-18)24-20-6-2-3-7-21(20)25(29-28-24)30-14-16-31(17-15-30)26(32)22-8-4-5-9-23(22)27/h2-13,25,29H,14-17H2,1H3. The van der Waals surface area contributed by atoms with Crippen molar-refractivity contribution in [1.82, 2.24) is 15.2 Å². The lowest BCUT2D eigenvalue weighted by Crippen LogP contribution is -2.52. The van der Waals surface area contributed by atoms with E-state index in [-0.39, 0.29) is 12.1 Å². The summed E-state index contributed by atoms with van der Waals surface area (Å²) >= 11 is 6.24. The number of rotatable bonds is 3. The Labute approximate surface area is 193 Å². The minimum atomic E-state index is -0.0158. The molecule has 0 aliphatic carbocycles. The van der Waals surface area contributed by atoms with Gasteiger partial charge in [0, 0.05) is 37.3 Å². The van der Waals surface area contributed by atoms with Crippen LogP contribution in [0.1, 0.15) is 38.8 Å². The fourth-order valence-corrected chi connectivity index (χ4v) is 4.62. The van der Waals surface area contributed by atoms with E-state index in [1.54, 1.807) is 12.1 Å². The monoisotopic (exact) mass is 444 g/mol. The summed E-state index contributed by atoms with van der Waals surface area (Å²) in [6, 6.07) is 24.1. The smallest absolute Gasteiger partial charge is 0.255 e. The number of carbonyl (C=O) groups is 1. The molecule has 1 fully saturated rings. The van der Waals surface area contributed by atoms with Gasteiger partial charge >= 0.3 is 0 Å². The summed E-state index contributed by atoms with van der Waals surface area (Å²) in [6.07, 6.45) is -0.0158. The molecule has 6 heteroatoms. The molecule has 0 spiro atoms. The van der Waals surface area contributed by atoms with Crippen molar-refractivity contribution in [3.63, 3.8) is 0 Å². The van der Waals surface area contributed by atoms with Crippen LogP contribution in [0.4, 0.5) is 0 Å². The fourth-order valence-electron chi connectivity index (χ4n) is 4.40. The van der Waals surface area contributed by atoms with Crippen LogP contribution in [0.2, 0.25) is 5.02 Å². The van der Waals surface area contributed by atoms with Crippen molar-refractivity contribution in [2.75, 3.05) is 26.2 Å². The van der Waals surface area contributed by atoms with Crippen molar-refractivity contribution < 1.29 is 4.79 Å². The molecule has 0 radical (unpaired) electrons. The molecule has 2 heterocycles. The molecule has 3 aromatic rings. The highest BCUT2D eigenvalue weighted by atomic mass is 35.5. The van der Waals surface area contributed by atoms with Gasteiger partial charge in [-0.3, -0.25) is 15.1 Å². The molecule has 1 atom stereocenters. The molecule has 2 aliphatic rings. The first-order valence-corrected chi connectivity index (χ1v) is 11.3. The highest BCUT2D eigenvalue weighted by Gasteiger charge is 2.31. The van der Waals surface area contributed by atoms with E-state index in [1.807, 2.05) is 17.0 Å². The first kappa shape index (κ1) is 20.7. The second-order valence-corrected chi connectivity index (χ2v) is 8.66. The van der Waals surface area contributed by atoms with E-state index in [2.05, 4.69) is 65.8 Å². The number of aryl methyl sites for hydroxylation is 1. The number of halogens is 1. The van der Waals surface area contributed by atoms with Gasteiger partial charge < -0.3 is 4.90 Å². The van der Waals surface area contributed by atoms with Crippen LogP contribution in [0.5, 0.6) is 0 Å². The van der Waals surface area contributed by atoms with E-state index < -0.39 is 0 Å². The summed E-state index contributed by atoms with van der Waals surface area (Å²) in [4.78, 5) is 17.1. The van der Waals surface area contributed by atoms with Crippen LogP contribution in [0.3, 0.4) is 0 Å². The number of fused-ring (bicyclic) bond motifs is 1. The molecule has 5 nitrogen and oxygen atoms in total. The zero-order chi connectivity index (χ0) is 22.1. The molecule has 1 N–H and O–H groups in total. The van der Waals surface area contributed by atoms with Crippen molar-refractivity contribution in [3.05, 3.63) is 106 Å². The van der Waals surface area contributed by atoms with Crippen molar-refractivity contribution in [2.45, 2.75) is 13.1 Å². The molecule has 162 valence electrons. The molecule has 1 saturated heterocycles. The molecule has 1 unspecified atom stereocenters. The zero-order valence-electron chi connectivity index (χ0n) is 18.0. The summed E-state index contributed by atoms with van der Waals surface area (Å²) in [5.74, 6) is -0.00747. The van der Waals surface area contributed by atoms with Gasteiger partial charge in [-0.2, -0.15) is 5.10 Å². The molecular formula is C26H25ClN4O. The van der Waals surface area contributed by atoms with Crippen LogP contribution in [-0.2, 0) is 0 Å². The van der Waals surface area contributed by atoms with E-state index >= 15 is 0 Å². The highest BCUT2D eigenvalue weighted by molar-refractivity contribution is 6.33. The third-order valence-electron chi connectivity index (χ3n) is 6.21. The molecule has 32 heavy (non-hydrogen) atoms. The summed E-state index contributed by atoms with van der Waals surface area (Å²) in [7, 11) is 0. The van der Waals surface area contributed by atoms with Gasteiger partial charge in [0.25, 0.3) is 5.91 Å². The molecule has 2 aliphatic heterocycles. The second-order valence-electron chi connectivity index (χ2n) is 8.25. The van der Waals surface area contributed by atoms with Crippen LogP contribution in [0.15, 0.2) is 77.9 Å². The third kappa shape index (κ3) is 3.90. The maximum absolute atomic E-state index is 12.9. The van der Waals surface area contributed by atoms with Crippen molar-refractivity contribution in [3.8, 4) is 0 Å². The Hall–Kier alpha value is -3.15. The van der Waals surface area contributed by atoms with Crippen molar-refractivity contribution in [1.29, 1.82) is 0 Å². The molecular weight excluding hydrogens is 420 g/mol. The van der Waals surface area contributed by atoms with Crippen molar-refractivity contribution in [2.24, 2.45) is 5.10 Å². The Balaban J connectivity index is 1.33. The van der Waals surface area contributed by atoms with Gasteiger partial charge in [0.15, 0.2) is 0 Å². The van der Waals surface area contributed by atoms with E-state index in [9.17, 15) is 4.79 Å². The number of hydrogen-bond donors (Lipinski definition) is 1. The van der Waals surface area contributed by atoms with Gasteiger partial charge in [-0.25, -0.2) is 0 Å². The second kappa shape index (κ2) is 8.77. The number of amides is 1. The van der Waals surface area contributed by atoms with E-state index in [1.165, 1.54) is 11.1 Å². The molecule has 5 rings (SSSR count). The molecule has 0 saturated carbocycles. The number of nitrogens with one attached hydrogen (secondary N) is 1. The summed E-state index contributed by atoms with van der Waals surface area (Å²) < 4.78 is 0. The van der Waals surface area contributed by atoms with Crippen LogP contribution < -0.4 is 5.43 Å². The average Bonchev–Trinajstić information content (AvgIpc) is 2.84. The van der Waals surface area contributed by atoms with Crippen LogP contribution in [0, 0.1) is 6.92 Å². The van der Waals surface area contributed by atoms with E-state index in [0.29, 0.717) is 23.7 Å². The Morgan fingerprint density at radius 3 is 2.38 bits per heavy atom. The van der Waals surface area contributed by atoms with Crippen LogP contribution in [-0.4, -0.2) is 47.6 Å². The maximum Gasteiger partial charge on any atom is 0.255 e. The zero-order valence-corrected chi connectivity index (χ0v) is 18.7. The number of nitrogens with zero attached hydrogens (tertiary/aromatic N) is 3. The lowest BCUT2D eigenvalue weighted by atomic mass is 9.94. The molecule has 0 aromatic heterocycles. The van der Waals surface area contributed by atoms with Gasteiger partial charge in [-0.05, 0) is 24.6 Å². The van der Waals surface area contributed by atoms with Gasteiger partial charge in [-0.1, -0.05) is 77.8 Å². The lowest BCUT2D eigenvalue weighted by molar-refractivity contribution is 0.0525. The van der Waals surface area contributed by atoms with Gasteiger partial charge in [0.2, 0.25) is 0 Å². The minimum Gasteiger partial charge on any atom is -0.336 e. The summed E-state index contributed by atoms with van der Waals surface area (Å²) in [6.45, 7) is 4.91. The van der Waals surface area contributed by atoms with Crippen LogP contribution >= 0.6 is 11.6 Å². The average molecular weight is 445 g/mol. The Bertz CT molecular complexity index is 1170. The predicted molar refractivity (Wildman–Crippen MR) is 128 cm³/mol. The number of benzene rings is 3. The topological polar surface area (TPSA) is 47.9 Å². The van der Waals surface area contributed by atoms with E-state index in [0.717, 1.165) is 29.9 Å². The SMILES string of the molecule is Cc1ccc(C2=NNC(N3CCN(C(=O)c4ccccc4Cl)CC3)c3ccccc32)cc1. The highest BCUT2D eigenvalue weighted by Crippen LogP contribution is 2.29. The first-order chi connectivity index (χ1) is 15.6. The largest absolute Gasteiger partial charge is 0.336 e. The first-order valence-electron chi connectivity index (χ1n) is 10.9. The quantitative estimate of drug-likeness (QED) is 0.648. The van der Waals surface area contributed by atoms with Gasteiger partial charge in [-0.15, -0.1) is 0 Å². The van der Waals surface area contributed by atoms with Crippen molar-refractivity contribution >= 4 is 23.2 Å². The summed E-state index contributed by atoms with van der Waals surface area (Å²) in [5, 5.41) is 5.27. The van der Waals surface area contributed by atoms with E-state index in [4.69, 9.17) is 16.7 Å². The maximum atomic E-state index is 12.9. The normalized spacial score (nSPS) is 18.5. The number of hydrogen-bond acceptors (Lipinski definition) is 4. The molecule has 0 bridgehead atoms. The third-order valence-corrected chi connectivity index (χ3v) is 6.53. The lowest BCUT2D eigenvalue weighted by Gasteiger charge is -2.41.